The first-order chi connectivity index (χ1) is 12.2. The van der Waals surface area contributed by atoms with Crippen LogP contribution in [0.3, 0.4) is 0 Å². The normalized spacial score (nSPS) is 20.4. The molecule has 1 fully saturated rings. The van der Waals surface area contributed by atoms with Gasteiger partial charge >= 0.3 is 12.2 Å². The second kappa shape index (κ2) is 8.92. The van der Waals surface area contributed by atoms with E-state index in [4.69, 9.17) is 9.47 Å². The molecule has 2 rings (SSSR count). The van der Waals surface area contributed by atoms with Crippen LogP contribution < -0.4 is 5.32 Å². The van der Waals surface area contributed by atoms with Gasteiger partial charge < -0.3 is 19.7 Å². The van der Waals surface area contributed by atoms with Crippen molar-refractivity contribution in [2.24, 2.45) is 5.92 Å². The number of piperidine rings is 1. The molecule has 0 unspecified atom stereocenters. The third-order valence-corrected chi connectivity index (χ3v) is 4.26. The summed E-state index contributed by atoms with van der Waals surface area (Å²) in [5.74, 6) is 0.414. The number of carbonyl (C=O) groups excluding carboxylic acids is 2. The van der Waals surface area contributed by atoms with E-state index in [1.807, 2.05) is 51.1 Å². The molecule has 1 saturated heterocycles. The lowest BCUT2D eigenvalue weighted by Gasteiger charge is -2.38. The first kappa shape index (κ1) is 20.1. The highest BCUT2D eigenvalue weighted by atomic mass is 16.6. The average Bonchev–Trinajstić information content (AvgIpc) is 2.58. The highest BCUT2D eigenvalue weighted by Gasteiger charge is 2.31. The van der Waals surface area contributed by atoms with Gasteiger partial charge in [-0.1, -0.05) is 37.3 Å². The van der Waals surface area contributed by atoms with E-state index in [0.29, 0.717) is 19.0 Å². The summed E-state index contributed by atoms with van der Waals surface area (Å²) < 4.78 is 10.7. The highest BCUT2D eigenvalue weighted by Crippen LogP contribution is 2.22. The van der Waals surface area contributed by atoms with Gasteiger partial charge in [-0.15, -0.1) is 0 Å². The van der Waals surface area contributed by atoms with Crippen molar-refractivity contribution >= 4 is 12.2 Å². The summed E-state index contributed by atoms with van der Waals surface area (Å²) in [4.78, 5) is 26.2. The Balaban J connectivity index is 1.89. The molecule has 1 heterocycles. The second-order valence-electron chi connectivity index (χ2n) is 7.91. The van der Waals surface area contributed by atoms with E-state index in [2.05, 4.69) is 12.2 Å². The standard InChI is InChI=1S/C20H30N2O4/c1-15-10-11-17(12-21-18(23)26-20(2,3)4)22(13-15)19(24)25-14-16-8-6-5-7-9-16/h5-9,15,17H,10-14H2,1-4H3,(H,21,23)/t15-,17+/m1/s1. The first-order valence-electron chi connectivity index (χ1n) is 9.19. The van der Waals surface area contributed by atoms with Gasteiger partial charge in [0.05, 0.1) is 6.04 Å². The molecule has 2 amide bonds. The van der Waals surface area contributed by atoms with Gasteiger partial charge in [0.15, 0.2) is 0 Å². The molecule has 2 atom stereocenters. The zero-order valence-electron chi connectivity index (χ0n) is 16.2. The largest absolute Gasteiger partial charge is 0.445 e. The number of nitrogens with one attached hydrogen (secondary N) is 1. The van der Waals surface area contributed by atoms with Crippen LogP contribution in [0.25, 0.3) is 0 Å². The van der Waals surface area contributed by atoms with Gasteiger partial charge in [-0.3, -0.25) is 0 Å². The molecule has 1 aliphatic rings. The molecule has 1 aromatic carbocycles. The van der Waals surface area contributed by atoms with Crippen molar-refractivity contribution in [1.29, 1.82) is 0 Å². The first-order valence-corrected chi connectivity index (χ1v) is 9.19. The fraction of sp³-hybridized carbons (Fsp3) is 0.600. The Morgan fingerprint density at radius 2 is 1.88 bits per heavy atom. The van der Waals surface area contributed by atoms with Gasteiger partial charge in [-0.2, -0.15) is 0 Å². The van der Waals surface area contributed by atoms with Crippen LogP contribution in [0.2, 0.25) is 0 Å². The molecule has 0 bridgehead atoms. The minimum absolute atomic E-state index is 0.0815. The van der Waals surface area contributed by atoms with Crippen molar-refractivity contribution in [1.82, 2.24) is 10.2 Å². The quantitative estimate of drug-likeness (QED) is 0.881. The Hall–Kier alpha value is -2.24. The van der Waals surface area contributed by atoms with Gasteiger partial charge in [0.25, 0.3) is 0 Å². The third kappa shape index (κ3) is 6.58. The summed E-state index contributed by atoms with van der Waals surface area (Å²) in [6.07, 6.45) is 1.05. The Labute approximate surface area is 155 Å². The molecule has 1 aliphatic heterocycles. The van der Waals surface area contributed by atoms with Crippen LogP contribution >= 0.6 is 0 Å². The van der Waals surface area contributed by atoms with Crippen molar-refractivity contribution in [3.63, 3.8) is 0 Å². The maximum atomic E-state index is 12.6. The van der Waals surface area contributed by atoms with Crippen LogP contribution in [-0.2, 0) is 16.1 Å². The van der Waals surface area contributed by atoms with E-state index in [0.717, 1.165) is 18.4 Å². The number of rotatable bonds is 4. The second-order valence-corrected chi connectivity index (χ2v) is 7.91. The van der Waals surface area contributed by atoms with Crippen LogP contribution in [0.4, 0.5) is 9.59 Å². The Morgan fingerprint density at radius 1 is 1.19 bits per heavy atom. The molecule has 26 heavy (non-hydrogen) atoms. The van der Waals surface area contributed by atoms with Crippen LogP contribution in [0.15, 0.2) is 30.3 Å². The highest BCUT2D eigenvalue weighted by molar-refractivity contribution is 5.69. The summed E-state index contributed by atoms with van der Waals surface area (Å²) in [7, 11) is 0. The van der Waals surface area contributed by atoms with Crippen LogP contribution in [0.5, 0.6) is 0 Å². The van der Waals surface area contributed by atoms with Gasteiger partial charge in [0, 0.05) is 13.1 Å². The molecule has 0 saturated carbocycles. The Kier molecular flexibility index (Phi) is 6.89. The fourth-order valence-electron chi connectivity index (χ4n) is 2.96. The van der Waals surface area contributed by atoms with Crippen LogP contribution in [-0.4, -0.2) is 41.8 Å². The summed E-state index contributed by atoms with van der Waals surface area (Å²) >= 11 is 0. The SMILES string of the molecule is C[C@@H]1CC[C@@H](CNC(=O)OC(C)(C)C)N(C(=O)OCc2ccccc2)C1. The minimum atomic E-state index is -0.542. The van der Waals surface area contributed by atoms with Crippen molar-refractivity contribution in [3.8, 4) is 0 Å². The van der Waals surface area contributed by atoms with Crippen molar-refractivity contribution in [2.75, 3.05) is 13.1 Å². The number of hydrogen-bond acceptors (Lipinski definition) is 4. The van der Waals surface area contributed by atoms with E-state index in [1.165, 1.54) is 0 Å². The average molecular weight is 362 g/mol. The molecule has 144 valence electrons. The number of nitrogens with zero attached hydrogens (tertiary/aromatic N) is 1. The topological polar surface area (TPSA) is 67.9 Å². The maximum Gasteiger partial charge on any atom is 0.410 e. The summed E-state index contributed by atoms with van der Waals surface area (Å²) in [6, 6.07) is 9.53. The van der Waals surface area contributed by atoms with Gasteiger partial charge in [-0.05, 0) is 45.1 Å². The van der Waals surface area contributed by atoms with Gasteiger partial charge in [0.2, 0.25) is 0 Å². The molecule has 0 radical (unpaired) electrons. The molecule has 1 N–H and O–H groups in total. The number of hydrogen-bond donors (Lipinski definition) is 1. The summed E-state index contributed by atoms with van der Waals surface area (Å²) in [5.41, 5.74) is 0.411. The Morgan fingerprint density at radius 3 is 2.54 bits per heavy atom. The lowest BCUT2D eigenvalue weighted by molar-refractivity contribution is 0.0421. The zero-order chi connectivity index (χ0) is 19.2. The molecule has 0 aliphatic carbocycles. The number of likely N-dealkylation sites (tertiary alicyclic amines) is 1. The number of amides is 2. The van der Waals surface area contributed by atoms with E-state index in [1.54, 1.807) is 4.90 Å². The predicted molar refractivity (Wildman–Crippen MR) is 99.8 cm³/mol. The number of ether oxygens (including phenoxy) is 2. The van der Waals surface area contributed by atoms with E-state index < -0.39 is 11.7 Å². The molecular weight excluding hydrogens is 332 g/mol. The van der Waals surface area contributed by atoms with E-state index in [9.17, 15) is 9.59 Å². The van der Waals surface area contributed by atoms with Crippen molar-refractivity contribution < 1.29 is 19.1 Å². The third-order valence-electron chi connectivity index (χ3n) is 4.26. The van der Waals surface area contributed by atoms with E-state index >= 15 is 0 Å². The molecule has 0 aromatic heterocycles. The maximum absolute atomic E-state index is 12.6. The zero-order valence-corrected chi connectivity index (χ0v) is 16.2. The summed E-state index contributed by atoms with van der Waals surface area (Å²) in [5, 5.41) is 2.77. The van der Waals surface area contributed by atoms with Crippen molar-refractivity contribution in [3.05, 3.63) is 35.9 Å². The number of benzene rings is 1. The summed E-state index contributed by atoms with van der Waals surface area (Å²) in [6.45, 7) is 8.83. The van der Waals surface area contributed by atoms with Crippen LogP contribution in [0, 0.1) is 5.92 Å². The monoisotopic (exact) mass is 362 g/mol. The molecule has 0 spiro atoms. The molecule has 6 nitrogen and oxygen atoms in total. The van der Waals surface area contributed by atoms with Crippen molar-refractivity contribution in [2.45, 2.75) is 58.8 Å². The smallest absolute Gasteiger partial charge is 0.410 e. The molecule has 1 aromatic rings. The fourth-order valence-corrected chi connectivity index (χ4v) is 2.96. The van der Waals surface area contributed by atoms with Gasteiger partial charge in [0.1, 0.15) is 12.2 Å². The molecular formula is C20H30N2O4. The number of alkyl carbamates (subject to hydrolysis) is 1. The Bertz CT molecular complexity index is 598. The van der Waals surface area contributed by atoms with Gasteiger partial charge in [-0.25, -0.2) is 9.59 Å². The lowest BCUT2D eigenvalue weighted by atomic mass is 9.94. The van der Waals surface area contributed by atoms with Crippen LogP contribution in [0.1, 0.15) is 46.1 Å². The minimum Gasteiger partial charge on any atom is -0.445 e. The lowest BCUT2D eigenvalue weighted by Crippen LogP contribution is -2.51. The number of carbonyl (C=O) groups is 2. The van der Waals surface area contributed by atoms with E-state index in [-0.39, 0.29) is 18.7 Å². The predicted octanol–water partition coefficient (Wildman–Crippen LogP) is 3.95. The molecule has 6 heteroatoms.